The van der Waals surface area contributed by atoms with Crippen molar-refractivity contribution in [2.24, 2.45) is 5.73 Å². The first-order chi connectivity index (χ1) is 12.7. The van der Waals surface area contributed by atoms with Crippen molar-refractivity contribution < 1.29 is 0 Å². The molecule has 26 heavy (non-hydrogen) atoms. The maximum atomic E-state index is 12.6. The second-order valence-electron chi connectivity index (χ2n) is 6.63. The summed E-state index contributed by atoms with van der Waals surface area (Å²) in [6, 6.07) is 9.43. The van der Waals surface area contributed by atoms with E-state index in [1.54, 1.807) is 16.8 Å². The molecule has 0 amide bonds. The zero-order valence-corrected chi connectivity index (χ0v) is 14.4. The van der Waals surface area contributed by atoms with Gasteiger partial charge in [0.25, 0.3) is 0 Å². The number of fused-ring (bicyclic) bond motifs is 1. The van der Waals surface area contributed by atoms with E-state index >= 15 is 0 Å². The summed E-state index contributed by atoms with van der Waals surface area (Å²) in [5, 5.41) is 0. The molecule has 1 aliphatic heterocycles. The summed E-state index contributed by atoms with van der Waals surface area (Å²) in [5.74, 6) is 0. The number of H-pyrrole nitrogens is 1. The lowest BCUT2D eigenvalue weighted by Gasteiger charge is -2.33. The van der Waals surface area contributed by atoms with Crippen LogP contribution in [-0.4, -0.2) is 33.7 Å². The third-order valence-electron chi connectivity index (χ3n) is 4.88. The van der Waals surface area contributed by atoms with Gasteiger partial charge in [0, 0.05) is 31.9 Å². The minimum atomic E-state index is -0.221. The number of anilines is 1. The van der Waals surface area contributed by atoms with Crippen molar-refractivity contribution in [2.45, 2.75) is 25.4 Å². The van der Waals surface area contributed by atoms with Crippen molar-refractivity contribution in [3.05, 3.63) is 64.0 Å². The summed E-state index contributed by atoms with van der Waals surface area (Å²) in [7, 11) is 0. The molecule has 0 spiro atoms. The van der Waals surface area contributed by atoms with Gasteiger partial charge in [-0.3, -0.25) is 9.55 Å². The van der Waals surface area contributed by atoms with Crippen LogP contribution in [0.3, 0.4) is 0 Å². The van der Waals surface area contributed by atoms with Gasteiger partial charge in [-0.05, 0) is 24.5 Å². The molecule has 4 rings (SSSR count). The van der Waals surface area contributed by atoms with Crippen molar-refractivity contribution >= 4 is 22.5 Å². The highest BCUT2D eigenvalue weighted by molar-refractivity contribution is 5.86. The van der Waals surface area contributed by atoms with Gasteiger partial charge in [-0.2, -0.15) is 0 Å². The Labute approximate surface area is 150 Å². The third kappa shape index (κ3) is 2.85. The van der Waals surface area contributed by atoms with Crippen molar-refractivity contribution in [3.8, 4) is 0 Å². The van der Waals surface area contributed by atoms with E-state index in [1.165, 1.54) is 0 Å². The topological polar surface area (TPSA) is 84.3 Å². The quantitative estimate of drug-likeness (QED) is 0.711. The predicted octanol–water partition coefficient (Wildman–Crippen LogP) is 2.25. The average Bonchev–Trinajstić information content (AvgIpc) is 2.97. The van der Waals surface area contributed by atoms with Crippen LogP contribution in [0.2, 0.25) is 0 Å². The highest BCUT2D eigenvalue weighted by Gasteiger charge is 2.22. The van der Waals surface area contributed by atoms with E-state index in [4.69, 9.17) is 12.3 Å². The van der Waals surface area contributed by atoms with Gasteiger partial charge in [0.15, 0.2) is 11.3 Å². The lowest BCUT2D eigenvalue weighted by molar-refractivity contribution is 0.506. The van der Waals surface area contributed by atoms with Crippen LogP contribution in [-0.2, 0) is 6.54 Å². The highest BCUT2D eigenvalue weighted by Crippen LogP contribution is 2.28. The summed E-state index contributed by atoms with van der Waals surface area (Å²) in [6.45, 7) is 9.35. The smallest absolute Gasteiger partial charge is 0.327 e. The van der Waals surface area contributed by atoms with E-state index in [1.807, 2.05) is 24.3 Å². The number of imidazole rings is 1. The molecule has 0 unspecified atom stereocenters. The number of hydrogen-bond donors (Lipinski definition) is 2. The number of rotatable bonds is 3. The van der Waals surface area contributed by atoms with E-state index in [-0.39, 0.29) is 11.7 Å². The van der Waals surface area contributed by atoms with E-state index in [2.05, 4.69) is 19.7 Å². The van der Waals surface area contributed by atoms with Gasteiger partial charge in [0.05, 0.1) is 12.3 Å². The van der Waals surface area contributed by atoms with Gasteiger partial charge in [0.1, 0.15) is 5.52 Å². The molecule has 0 aliphatic carbocycles. The Morgan fingerprint density at radius 3 is 3.00 bits per heavy atom. The van der Waals surface area contributed by atoms with E-state index < -0.39 is 0 Å². The lowest BCUT2D eigenvalue weighted by Crippen LogP contribution is -2.43. The number of aromatic amines is 1. The van der Waals surface area contributed by atoms with Crippen molar-refractivity contribution in [1.82, 2.24) is 14.5 Å². The molecule has 3 N–H and O–H groups in total. The van der Waals surface area contributed by atoms with Crippen LogP contribution >= 0.6 is 0 Å². The minimum Gasteiger partial charge on any atom is -0.368 e. The third-order valence-corrected chi connectivity index (χ3v) is 4.88. The Kier molecular flexibility index (Phi) is 4.19. The van der Waals surface area contributed by atoms with Crippen LogP contribution in [0.15, 0.2) is 41.3 Å². The number of piperidine rings is 1. The van der Waals surface area contributed by atoms with Crippen LogP contribution in [0.1, 0.15) is 18.4 Å². The summed E-state index contributed by atoms with van der Waals surface area (Å²) in [5.41, 5.74) is 9.59. The molecule has 7 heteroatoms. The molecule has 3 heterocycles. The normalized spacial score (nSPS) is 17.4. The Morgan fingerprint density at radius 2 is 2.19 bits per heavy atom. The van der Waals surface area contributed by atoms with Crippen molar-refractivity contribution in [3.63, 3.8) is 0 Å². The zero-order chi connectivity index (χ0) is 18.1. The number of nitrogens with zero attached hydrogens (tertiary/aromatic N) is 4. The summed E-state index contributed by atoms with van der Waals surface area (Å²) >= 11 is 0. The van der Waals surface area contributed by atoms with Gasteiger partial charge in [0.2, 0.25) is 0 Å². The minimum absolute atomic E-state index is 0.133. The molecule has 3 aromatic rings. The summed E-state index contributed by atoms with van der Waals surface area (Å²) in [4.78, 5) is 25.5. The molecular formula is C19H20N6O. The van der Waals surface area contributed by atoms with Crippen molar-refractivity contribution in [2.75, 3.05) is 18.0 Å². The highest BCUT2D eigenvalue weighted by atomic mass is 16.1. The van der Waals surface area contributed by atoms with Gasteiger partial charge in [-0.1, -0.05) is 24.3 Å². The Morgan fingerprint density at radius 1 is 1.35 bits per heavy atom. The average molecular weight is 348 g/mol. The fourth-order valence-electron chi connectivity index (χ4n) is 3.63. The number of para-hydroxylation sites is 1. The fourth-order valence-corrected chi connectivity index (χ4v) is 3.63. The van der Waals surface area contributed by atoms with E-state index in [9.17, 15) is 4.79 Å². The second kappa shape index (κ2) is 6.65. The molecule has 1 atom stereocenters. The standard InChI is InChI=1S/C19H20N6O/c1-21-15-7-3-2-5-13(15)11-25-17-16(24-10-4-6-14(20)12-24)8-9-22-18(17)23-19(25)26/h2-3,5,7-9,14H,4,6,10-12,20H2,(H,22,23,26)/t14-/m1/s1. The van der Waals surface area contributed by atoms with Crippen LogP contribution in [0.25, 0.3) is 16.0 Å². The number of pyridine rings is 1. The van der Waals surface area contributed by atoms with Crippen LogP contribution in [0.5, 0.6) is 0 Å². The summed E-state index contributed by atoms with van der Waals surface area (Å²) < 4.78 is 1.67. The van der Waals surface area contributed by atoms with Gasteiger partial charge in [-0.15, -0.1) is 0 Å². The van der Waals surface area contributed by atoms with Gasteiger partial charge in [-0.25, -0.2) is 14.6 Å². The molecule has 1 aromatic carbocycles. The predicted molar refractivity (Wildman–Crippen MR) is 102 cm³/mol. The fraction of sp³-hybridized carbons (Fsp3) is 0.316. The van der Waals surface area contributed by atoms with Crippen molar-refractivity contribution in [1.29, 1.82) is 0 Å². The Bertz CT molecular complexity index is 1040. The Hall–Kier alpha value is -3.11. The van der Waals surface area contributed by atoms with E-state index in [0.29, 0.717) is 17.9 Å². The number of hydrogen-bond acceptors (Lipinski definition) is 4. The molecule has 0 bridgehead atoms. The monoisotopic (exact) mass is 348 g/mol. The molecule has 132 valence electrons. The molecular weight excluding hydrogens is 328 g/mol. The zero-order valence-electron chi connectivity index (χ0n) is 14.4. The maximum Gasteiger partial charge on any atom is 0.327 e. The van der Waals surface area contributed by atoms with Gasteiger partial charge >= 0.3 is 5.69 Å². The molecule has 1 saturated heterocycles. The largest absolute Gasteiger partial charge is 0.368 e. The molecule has 0 radical (unpaired) electrons. The number of nitrogens with two attached hydrogens (primary N) is 1. The first kappa shape index (κ1) is 16.4. The Balaban J connectivity index is 1.83. The van der Waals surface area contributed by atoms with Crippen LogP contribution in [0, 0.1) is 6.57 Å². The second-order valence-corrected chi connectivity index (χ2v) is 6.63. The van der Waals surface area contributed by atoms with E-state index in [0.717, 1.165) is 42.7 Å². The number of benzene rings is 1. The maximum absolute atomic E-state index is 12.6. The summed E-state index contributed by atoms with van der Waals surface area (Å²) in [6.07, 6.45) is 3.76. The van der Waals surface area contributed by atoms with Crippen LogP contribution < -0.4 is 16.3 Å². The SMILES string of the molecule is [C-]#[N+]c1ccccc1Cn1c(=O)[nH]c2nccc(N3CCC[C@@H](N)C3)c21. The number of aromatic nitrogens is 3. The molecule has 1 aliphatic rings. The van der Waals surface area contributed by atoms with Crippen LogP contribution in [0.4, 0.5) is 11.4 Å². The first-order valence-electron chi connectivity index (χ1n) is 8.71. The first-order valence-corrected chi connectivity index (χ1v) is 8.71. The molecule has 7 nitrogen and oxygen atoms in total. The lowest BCUT2D eigenvalue weighted by atomic mass is 10.1. The molecule has 1 fully saturated rings. The molecule has 2 aromatic heterocycles. The van der Waals surface area contributed by atoms with Gasteiger partial charge < -0.3 is 10.6 Å². The number of nitrogens with one attached hydrogen (secondary N) is 1. The molecule has 0 saturated carbocycles.